The van der Waals surface area contributed by atoms with Crippen LogP contribution in [0.4, 0.5) is 4.39 Å². The molecule has 0 aliphatic carbocycles. The van der Waals surface area contributed by atoms with Gasteiger partial charge >= 0.3 is 5.97 Å². The molecule has 0 unspecified atom stereocenters. The predicted molar refractivity (Wildman–Crippen MR) is 97.9 cm³/mol. The van der Waals surface area contributed by atoms with Crippen LogP contribution in [0.15, 0.2) is 48.5 Å². The van der Waals surface area contributed by atoms with Crippen molar-refractivity contribution >= 4 is 11.9 Å². The largest absolute Gasteiger partial charge is 0.478 e. The van der Waals surface area contributed by atoms with E-state index in [1.807, 2.05) is 0 Å². The first-order valence-electron chi connectivity index (χ1n) is 8.99. The fourth-order valence-electron chi connectivity index (χ4n) is 3.27. The molecule has 5 nitrogen and oxygen atoms in total. The van der Waals surface area contributed by atoms with Crippen LogP contribution in [0.3, 0.4) is 0 Å². The SMILES string of the molecule is O=C(CCc1ccc(C(=O)O)cc1)NC[C@@H]1CCO[C@H]1c1ccc(F)cc1. The lowest BCUT2D eigenvalue weighted by molar-refractivity contribution is -0.121. The van der Waals surface area contributed by atoms with Gasteiger partial charge in [0.25, 0.3) is 0 Å². The summed E-state index contributed by atoms with van der Waals surface area (Å²) >= 11 is 0. The highest BCUT2D eigenvalue weighted by Crippen LogP contribution is 2.34. The number of ether oxygens (including phenoxy) is 1. The van der Waals surface area contributed by atoms with Gasteiger partial charge in [0.1, 0.15) is 5.82 Å². The summed E-state index contributed by atoms with van der Waals surface area (Å²) in [5.74, 6) is -1.14. The third-order valence-corrected chi connectivity index (χ3v) is 4.82. The Morgan fingerprint density at radius 2 is 1.81 bits per heavy atom. The molecule has 0 saturated carbocycles. The minimum atomic E-state index is -0.964. The number of hydrogen-bond donors (Lipinski definition) is 2. The molecule has 1 heterocycles. The van der Waals surface area contributed by atoms with Gasteiger partial charge in [-0.1, -0.05) is 24.3 Å². The van der Waals surface area contributed by atoms with Crippen LogP contribution >= 0.6 is 0 Å². The standard InChI is InChI=1S/C21H22FNO4/c22-18-8-6-15(7-9-18)20-17(11-12-27-20)13-23-19(24)10-3-14-1-4-16(5-2-14)21(25)26/h1-2,4-9,17,20H,3,10-13H2,(H,23,24)(H,25,26)/t17-,20-/m0/s1. The van der Waals surface area contributed by atoms with Crippen LogP contribution in [-0.4, -0.2) is 30.1 Å². The minimum absolute atomic E-state index is 0.0536. The normalized spacial score (nSPS) is 19.0. The first-order chi connectivity index (χ1) is 13.0. The molecular weight excluding hydrogens is 349 g/mol. The van der Waals surface area contributed by atoms with Gasteiger partial charge < -0.3 is 15.2 Å². The van der Waals surface area contributed by atoms with Gasteiger partial charge in [-0.25, -0.2) is 9.18 Å². The Kier molecular flexibility index (Phi) is 6.19. The molecule has 1 fully saturated rings. The first kappa shape index (κ1) is 19.0. The Labute approximate surface area is 157 Å². The molecule has 142 valence electrons. The average molecular weight is 371 g/mol. The molecule has 1 aliphatic heterocycles. The van der Waals surface area contributed by atoms with E-state index in [-0.39, 0.29) is 29.3 Å². The van der Waals surface area contributed by atoms with E-state index < -0.39 is 5.97 Å². The Hall–Kier alpha value is -2.73. The van der Waals surface area contributed by atoms with Crippen LogP contribution in [-0.2, 0) is 16.0 Å². The topological polar surface area (TPSA) is 75.6 Å². The van der Waals surface area contributed by atoms with Crippen LogP contribution in [0.25, 0.3) is 0 Å². The molecule has 1 amide bonds. The summed E-state index contributed by atoms with van der Waals surface area (Å²) in [5.41, 5.74) is 2.08. The zero-order valence-corrected chi connectivity index (χ0v) is 14.9. The molecule has 27 heavy (non-hydrogen) atoms. The van der Waals surface area contributed by atoms with E-state index in [0.29, 0.717) is 26.0 Å². The lowest BCUT2D eigenvalue weighted by atomic mass is 9.95. The number of carboxylic acid groups (broad SMARTS) is 1. The van der Waals surface area contributed by atoms with Crippen molar-refractivity contribution in [3.63, 3.8) is 0 Å². The second-order valence-corrected chi connectivity index (χ2v) is 6.70. The van der Waals surface area contributed by atoms with E-state index in [2.05, 4.69) is 5.32 Å². The van der Waals surface area contributed by atoms with Crippen molar-refractivity contribution in [2.45, 2.75) is 25.4 Å². The quantitative estimate of drug-likeness (QED) is 0.783. The Morgan fingerprint density at radius 1 is 1.11 bits per heavy atom. The molecular formula is C21H22FNO4. The fraction of sp³-hybridized carbons (Fsp3) is 0.333. The molecule has 1 saturated heterocycles. The molecule has 2 aromatic rings. The summed E-state index contributed by atoms with van der Waals surface area (Å²) < 4.78 is 18.8. The average Bonchev–Trinajstić information content (AvgIpc) is 3.14. The highest BCUT2D eigenvalue weighted by atomic mass is 19.1. The van der Waals surface area contributed by atoms with E-state index in [9.17, 15) is 14.0 Å². The number of halogens is 1. The van der Waals surface area contributed by atoms with E-state index in [1.165, 1.54) is 12.1 Å². The van der Waals surface area contributed by atoms with E-state index in [1.54, 1.807) is 36.4 Å². The Morgan fingerprint density at radius 3 is 2.48 bits per heavy atom. The summed E-state index contributed by atoms with van der Waals surface area (Å²) in [5, 5.41) is 11.8. The minimum Gasteiger partial charge on any atom is -0.478 e. The number of rotatable bonds is 7. The van der Waals surface area contributed by atoms with Crippen LogP contribution < -0.4 is 5.32 Å². The second-order valence-electron chi connectivity index (χ2n) is 6.70. The molecule has 0 radical (unpaired) electrons. The van der Waals surface area contributed by atoms with Gasteiger partial charge in [0.15, 0.2) is 0 Å². The van der Waals surface area contributed by atoms with Gasteiger partial charge in [0.05, 0.1) is 11.7 Å². The number of benzene rings is 2. The highest BCUT2D eigenvalue weighted by Gasteiger charge is 2.29. The van der Waals surface area contributed by atoms with Gasteiger partial charge in [-0.05, 0) is 48.2 Å². The summed E-state index contributed by atoms with van der Waals surface area (Å²) in [6.45, 7) is 1.14. The van der Waals surface area contributed by atoms with E-state index in [0.717, 1.165) is 17.5 Å². The number of carboxylic acids is 1. The maximum atomic E-state index is 13.1. The molecule has 1 aliphatic rings. The number of nitrogens with one attached hydrogen (secondary N) is 1. The van der Waals surface area contributed by atoms with E-state index >= 15 is 0 Å². The Balaban J connectivity index is 1.46. The van der Waals surface area contributed by atoms with Gasteiger partial charge in [-0.3, -0.25) is 4.79 Å². The number of carbonyl (C=O) groups excluding carboxylic acids is 1. The number of aryl methyl sites for hydroxylation is 1. The molecule has 2 aromatic carbocycles. The summed E-state index contributed by atoms with van der Waals surface area (Å²) in [7, 11) is 0. The number of aromatic carboxylic acids is 1. The maximum Gasteiger partial charge on any atom is 0.335 e. The second kappa shape index (κ2) is 8.77. The third-order valence-electron chi connectivity index (χ3n) is 4.82. The first-order valence-corrected chi connectivity index (χ1v) is 8.99. The highest BCUT2D eigenvalue weighted by molar-refractivity contribution is 5.87. The van der Waals surface area contributed by atoms with Crippen LogP contribution in [0.2, 0.25) is 0 Å². The number of carbonyl (C=O) groups is 2. The predicted octanol–water partition coefficient (Wildman–Crippen LogP) is 3.35. The molecule has 0 aromatic heterocycles. The van der Waals surface area contributed by atoms with Crippen molar-refractivity contribution in [1.29, 1.82) is 0 Å². The summed E-state index contributed by atoms with van der Waals surface area (Å²) in [6, 6.07) is 12.8. The van der Waals surface area contributed by atoms with Crippen molar-refractivity contribution in [3.8, 4) is 0 Å². The van der Waals surface area contributed by atoms with E-state index in [4.69, 9.17) is 9.84 Å². The lowest BCUT2D eigenvalue weighted by Gasteiger charge is -2.19. The zero-order valence-electron chi connectivity index (χ0n) is 14.9. The van der Waals surface area contributed by atoms with Crippen molar-refractivity contribution in [2.75, 3.05) is 13.2 Å². The number of amides is 1. The smallest absolute Gasteiger partial charge is 0.335 e. The van der Waals surface area contributed by atoms with Crippen molar-refractivity contribution in [2.24, 2.45) is 5.92 Å². The Bertz CT molecular complexity index is 789. The molecule has 2 atom stereocenters. The van der Waals surface area contributed by atoms with Crippen molar-refractivity contribution in [3.05, 3.63) is 71.0 Å². The molecule has 6 heteroatoms. The zero-order chi connectivity index (χ0) is 19.2. The molecule has 0 bridgehead atoms. The third kappa shape index (κ3) is 5.14. The van der Waals surface area contributed by atoms with Crippen LogP contribution in [0.5, 0.6) is 0 Å². The van der Waals surface area contributed by atoms with Crippen molar-refractivity contribution in [1.82, 2.24) is 5.32 Å². The van der Waals surface area contributed by atoms with Crippen LogP contribution in [0.1, 0.15) is 40.4 Å². The lowest BCUT2D eigenvalue weighted by Crippen LogP contribution is -2.30. The van der Waals surface area contributed by atoms with Gasteiger partial charge in [0, 0.05) is 25.5 Å². The van der Waals surface area contributed by atoms with Crippen LogP contribution in [0, 0.1) is 11.7 Å². The van der Waals surface area contributed by atoms with Gasteiger partial charge in [-0.15, -0.1) is 0 Å². The molecule has 3 rings (SSSR count). The summed E-state index contributed by atoms with van der Waals surface area (Å²) in [6.07, 6.45) is 1.60. The fourth-order valence-corrected chi connectivity index (χ4v) is 3.27. The maximum absolute atomic E-state index is 13.1. The number of hydrogen-bond acceptors (Lipinski definition) is 3. The van der Waals surface area contributed by atoms with Gasteiger partial charge in [-0.2, -0.15) is 0 Å². The van der Waals surface area contributed by atoms with Crippen molar-refractivity contribution < 1.29 is 23.8 Å². The monoisotopic (exact) mass is 371 g/mol. The summed E-state index contributed by atoms with van der Waals surface area (Å²) in [4.78, 5) is 23.0. The molecule has 0 spiro atoms. The molecule has 2 N–H and O–H groups in total. The van der Waals surface area contributed by atoms with Gasteiger partial charge in [0.2, 0.25) is 5.91 Å².